The average Bonchev–Trinajstić information content (AvgIpc) is 2.92. The first-order chi connectivity index (χ1) is 8.24. The number of nitrogens with one attached hydrogen (secondary N) is 1. The molecule has 0 spiro atoms. The molecule has 2 rings (SSSR count). The Morgan fingerprint density at radius 2 is 1.76 bits per heavy atom. The minimum absolute atomic E-state index is 0.397. The van der Waals surface area contributed by atoms with Crippen LogP contribution in [0.5, 0.6) is 0 Å². The van der Waals surface area contributed by atoms with E-state index in [1.54, 1.807) is 0 Å². The van der Waals surface area contributed by atoms with Gasteiger partial charge in [-0.25, -0.2) is 0 Å². The van der Waals surface area contributed by atoms with Crippen LogP contribution in [0.3, 0.4) is 0 Å². The van der Waals surface area contributed by atoms with Crippen LogP contribution in [-0.4, -0.2) is 35.6 Å². The second kappa shape index (κ2) is 5.71. The van der Waals surface area contributed by atoms with Gasteiger partial charge in [0.1, 0.15) is 0 Å². The summed E-state index contributed by atoms with van der Waals surface area (Å²) in [5, 5.41) is 3.84. The van der Waals surface area contributed by atoms with E-state index >= 15 is 0 Å². The summed E-state index contributed by atoms with van der Waals surface area (Å²) >= 11 is 0. The minimum Gasteiger partial charge on any atom is -0.308 e. The molecule has 2 nitrogen and oxygen atoms in total. The van der Waals surface area contributed by atoms with Gasteiger partial charge >= 0.3 is 0 Å². The van der Waals surface area contributed by atoms with E-state index < -0.39 is 0 Å². The molecule has 1 saturated heterocycles. The van der Waals surface area contributed by atoms with Crippen LogP contribution in [0.1, 0.15) is 65.7 Å². The Balaban J connectivity index is 2.07. The van der Waals surface area contributed by atoms with Crippen molar-refractivity contribution in [1.82, 2.24) is 10.2 Å². The number of hydrogen-bond donors (Lipinski definition) is 1. The predicted molar refractivity (Wildman–Crippen MR) is 74.4 cm³/mol. The zero-order chi connectivity index (χ0) is 12.3. The fraction of sp³-hybridized carbons (Fsp3) is 1.00. The molecule has 1 aliphatic carbocycles. The van der Waals surface area contributed by atoms with Gasteiger partial charge in [0.05, 0.1) is 0 Å². The van der Waals surface area contributed by atoms with Crippen LogP contribution >= 0.6 is 0 Å². The molecule has 1 aliphatic heterocycles. The van der Waals surface area contributed by atoms with Crippen molar-refractivity contribution in [2.75, 3.05) is 13.1 Å². The standard InChI is InChI=1S/C15H30N2/c1-4-13-11-16-15(5-2,6-3)12-17(13)14-9-7-8-10-14/h13-14,16H,4-12H2,1-3H3. The Morgan fingerprint density at radius 1 is 1.12 bits per heavy atom. The van der Waals surface area contributed by atoms with E-state index in [9.17, 15) is 0 Å². The summed E-state index contributed by atoms with van der Waals surface area (Å²) in [6.07, 6.45) is 9.63. The highest BCUT2D eigenvalue weighted by Gasteiger charge is 2.39. The van der Waals surface area contributed by atoms with E-state index in [1.165, 1.54) is 58.0 Å². The van der Waals surface area contributed by atoms with E-state index in [4.69, 9.17) is 0 Å². The van der Waals surface area contributed by atoms with E-state index in [0.29, 0.717) is 5.54 Å². The van der Waals surface area contributed by atoms with Crippen LogP contribution in [0.4, 0.5) is 0 Å². The van der Waals surface area contributed by atoms with Crippen LogP contribution in [0.2, 0.25) is 0 Å². The van der Waals surface area contributed by atoms with E-state index in [2.05, 4.69) is 31.0 Å². The maximum Gasteiger partial charge on any atom is 0.0304 e. The molecule has 0 bridgehead atoms. The van der Waals surface area contributed by atoms with Gasteiger partial charge in [0.25, 0.3) is 0 Å². The number of hydrogen-bond acceptors (Lipinski definition) is 2. The summed E-state index contributed by atoms with van der Waals surface area (Å²) in [5.74, 6) is 0. The molecule has 0 amide bonds. The summed E-state index contributed by atoms with van der Waals surface area (Å²) in [7, 11) is 0. The Morgan fingerprint density at radius 3 is 2.29 bits per heavy atom. The molecule has 0 aromatic heterocycles. The van der Waals surface area contributed by atoms with Gasteiger partial charge in [-0.2, -0.15) is 0 Å². The molecule has 0 radical (unpaired) electrons. The minimum atomic E-state index is 0.397. The van der Waals surface area contributed by atoms with E-state index in [1.807, 2.05) is 0 Å². The average molecular weight is 238 g/mol. The van der Waals surface area contributed by atoms with Crippen molar-refractivity contribution < 1.29 is 0 Å². The van der Waals surface area contributed by atoms with Crippen molar-refractivity contribution in [2.45, 2.75) is 83.3 Å². The smallest absolute Gasteiger partial charge is 0.0304 e. The van der Waals surface area contributed by atoms with Gasteiger partial charge in [-0.3, -0.25) is 4.90 Å². The zero-order valence-electron chi connectivity index (χ0n) is 12.0. The van der Waals surface area contributed by atoms with Gasteiger partial charge < -0.3 is 5.32 Å². The lowest BCUT2D eigenvalue weighted by Crippen LogP contribution is -2.65. The molecule has 2 fully saturated rings. The second-order valence-electron chi connectivity index (χ2n) is 6.04. The highest BCUT2D eigenvalue weighted by atomic mass is 15.3. The summed E-state index contributed by atoms with van der Waals surface area (Å²) < 4.78 is 0. The van der Waals surface area contributed by atoms with Gasteiger partial charge in [-0.15, -0.1) is 0 Å². The van der Waals surface area contributed by atoms with Gasteiger partial charge in [0.2, 0.25) is 0 Å². The molecule has 0 aromatic rings. The number of piperazine rings is 1. The molecule has 1 N–H and O–H groups in total. The van der Waals surface area contributed by atoms with Crippen molar-refractivity contribution in [2.24, 2.45) is 0 Å². The number of nitrogens with zero attached hydrogens (tertiary/aromatic N) is 1. The Bertz CT molecular complexity index is 227. The molecule has 0 aromatic carbocycles. The fourth-order valence-corrected chi connectivity index (χ4v) is 3.75. The van der Waals surface area contributed by atoms with E-state index in [-0.39, 0.29) is 0 Å². The quantitative estimate of drug-likeness (QED) is 0.809. The van der Waals surface area contributed by atoms with E-state index in [0.717, 1.165) is 12.1 Å². The maximum absolute atomic E-state index is 3.84. The normalized spacial score (nSPS) is 30.9. The second-order valence-corrected chi connectivity index (χ2v) is 6.04. The van der Waals surface area contributed by atoms with Crippen LogP contribution in [0, 0.1) is 0 Å². The predicted octanol–water partition coefficient (Wildman–Crippen LogP) is 3.17. The first-order valence-electron chi connectivity index (χ1n) is 7.75. The monoisotopic (exact) mass is 238 g/mol. The van der Waals surface area contributed by atoms with Gasteiger partial charge in [-0.05, 0) is 32.1 Å². The molecule has 2 aliphatic rings. The van der Waals surface area contributed by atoms with Crippen LogP contribution in [0.25, 0.3) is 0 Å². The van der Waals surface area contributed by atoms with Crippen molar-refractivity contribution in [3.63, 3.8) is 0 Å². The third-order valence-corrected chi connectivity index (χ3v) is 5.29. The molecular weight excluding hydrogens is 208 g/mol. The van der Waals surface area contributed by atoms with Crippen LogP contribution in [0.15, 0.2) is 0 Å². The topological polar surface area (TPSA) is 15.3 Å². The maximum atomic E-state index is 3.84. The molecule has 1 saturated carbocycles. The van der Waals surface area contributed by atoms with Crippen LogP contribution < -0.4 is 5.32 Å². The first kappa shape index (κ1) is 13.4. The van der Waals surface area contributed by atoms with Gasteiger partial charge in [0.15, 0.2) is 0 Å². The van der Waals surface area contributed by atoms with Crippen molar-refractivity contribution in [3.8, 4) is 0 Å². The molecular formula is C15H30N2. The largest absolute Gasteiger partial charge is 0.308 e. The summed E-state index contributed by atoms with van der Waals surface area (Å²) in [6, 6.07) is 1.67. The molecule has 1 unspecified atom stereocenters. The molecule has 2 heteroatoms. The fourth-order valence-electron chi connectivity index (χ4n) is 3.75. The molecule has 100 valence electrons. The molecule has 1 atom stereocenters. The Hall–Kier alpha value is -0.0800. The summed E-state index contributed by atoms with van der Waals surface area (Å²) in [5.41, 5.74) is 0.397. The lowest BCUT2D eigenvalue weighted by atomic mass is 9.87. The van der Waals surface area contributed by atoms with Gasteiger partial charge in [0, 0.05) is 30.7 Å². The van der Waals surface area contributed by atoms with Crippen molar-refractivity contribution in [1.29, 1.82) is 0 Å². The highest BCUT2D eigenvalue weighted by Crippen LogP contribution is 2.31. The Labute approximate surface area is 107 Å². The Kier molecular flexibility index (Phi) is 4.48. The summed E-state index contributed by atoms with van der Waals surface area (Å²) in [6.45, 7) is 9.52. The van der Waals surface area contributed by atoms with Crippen molar-refractivity contribution in [3.05, 3.63) is 0 Å². The third kappa shape index (κ3) is 2.68. The van der Waals surface area contributed by atoms with Gasteiger partial charge in [-0.1, -0.05) is 33.6 Å². The van der Waals surface area contributed by atoms with Crippen molar-refractivity contribution >= 4 is 0 Å². The van der Waals surface area contributed by atoms with Crippen LogP contribution in [-0.2, 0) is 0 Å². The summed E-state index contributed by atoms with van der Waals surface area (Å²) in [4.78, 5) is 2.86. The lowest BCUT2D eigenvalue weighted by Gasteiger charge is -2.49. The SMILES string of the molecule is CCC1CNC(CC)(CC)CN1C1CCCC1. The highest BCUT2D eigenvalue weighted by molar-refractivity contribution is 4.99. The number of rotatable bonds is 4. The zero-order valence-corrected chi connectivity index (χ0v) is 12.0. The lowest BCUT2D eigenvalue weighted by molar-refractivity contribution is 0.0367. The molecule has 1 heterocycles. The third-order valence-electron chi connectivity index (χ3n) is 5.29. The molecule has 17 heavy (non-hydrogen) atoms. The first-order valence-corrected chi connectivity index (χ1v) is 7.75.